The number of halogens is 2. The topological polar surface area (TPSA) is 130 Å². The van der Waals surface area contributed by atoms with Gasteiger partial charge in [-0.1, -0.05) is 67.4 Å². The number of nitrogens with one attached hydrogen (secondary N) is 1. The molecule has 0 radical (unpaired) electrons. The molecule has 3 rings (SSSR count). The van der Waals surface area contributed by atoms with Crippen LogP contribution < -0.4 is 9.62 Å². The van der Waals surface area contributed by atoms with E-state index in [9.17, 15) is 28.1 Å². The molecule has 0 aliphatic heterocycles. The molecule has 0 aliphatic carbocycles. The highest BCUT2D eigenvalue weighted by atomic mass is 35.5. The highest BCUT2D eigenvalue weighted by Gasteiger charge is 2.34. The Morgan fingerprint density at radius 3 is 2.32 bits per heavy atom. The van der Waals surface area contributed by atoms with Gasteiger partial charge in [0, 0.05) is 35.3 Å². The summed E-state index contributed by atoms with van der Waals surface area (Å²) in [7, 11) is -4.36. The monoisotopic (exact) mass is 620 g/mol. The van der Waals surface area contributed by atoms with E-state index >= 15 is 0 Å². The summed E-state index contributed by atoms with van der Waals surface area (Å²) in [6.07, 6.45) is 0.907. The van der Waals surface area contributed by atoms with E-state index in [1.54, 1.807) is 25.1 Å². The van der Waals surface area contributed by atoms with E-state index in [1.807, 2.05) is 6.92 Å². The number of anilines is 1. The smallest absolute Gasteiger partial charge is 0.271 e. The number of benzene rings is 3. The van der Waals surface area contributed by atoms with Gasteiger partial charge in [-0.15, -0.1) is 0 Å². The summed E-state index contributed by atoms with van der Waals surface area (Å²) in [6.45, 7) is 3.17. The van der Waals surface area contributed by atoms with E-state index in [0.717, 1.165) is 10.4 Å². The molecular formula is C28H30Cl2N4O6S. The molecule has 0 saturated heterocycles. The van der Waals surface area contributed by atoms with Crippen molar-refractivity contribution in [3.63, 3.8) is 0 Å². The summed E-state index contributed by atoms with van der Waals surface area (Å²) in [5, 5.41) is 14.9. The van der Waals surface area contributed by atoms with E-state index in [4.69, 9.17) is 23.2 Å². The van der Waals surface area contributed by atoms with Crippen LogP contribution in [0.5, 0.6) is 0 Å². The minimum Gasteiger partial charge on any atom is -0.354 e. The fraction of sp³-hybridized carbons (Fsp3) is 0.286. The van der Waals surface area contributed by atoms with Crippen LogP contribution in [0.2, 0.25) is 10.0 Å². The van der Waals surface area contributed by atoms with Crippen LogP contribution in [0, 0.1) is 10.1 Å². The minimum atomic E-state index is -4.36. The van der Waals surface area contributed by atoms with Gasteiger partial charge in [-0.25, -0.2) is 8.42 Å². The SMILES string of the molecule is CCCNC(=O)C(CC)N(Cc1ccc(Cl)cc1Cl)C(=O)CN(c1cccc([N+](=O)[O-])c1)S(=O)(=O)c1ccccc1. The van der Waals surface area contributed by atoms with Gasteiger partial charge in [0.2, 0.25) is 11.8 Å². The van der Waals surface area contributed by atoms with Crippen LogP contribution in [0.15, 0.2) is 77.7 Å². The zero-order chi connectivity index (χ0) is 30.2. The van der Waals surface area contributed by atoms with Crippen LogP contribution in [0.1, 0.15) is 32.3 Å². The number of nitro groups is 1. The van der Waals surface area contributed by atoms with Gasteiger partial charge in [0.25, 0.3) is 15.7 Å². The van der Waals surface area contributed by atoms with Crippen molar-refractivity contribution >= 4 is 56.4 Å². The Bertz CT molecular complexity index is 1500. The molecule has 1 unspecified atom stereocenters. The largest absolute Gasteiger partial charge is 0.354 e. The number of nitro benzene ring substituents is 1. The minimum absolute atomic E-state index is 0.0793. The Labute approximate surface area is 249 Å². The number of sulfonamides is 1. The van der Waals surface area contributed by atoms with Crippen molar-refractivity contribution in [2.24, 2.45) is 0 Å². The second kappa shape index (κ2) is 14.3. The van der Waals surface area contributed by atoms with Crippen LogP contribution in [0.4, 0.5) is 11.4 Å². The lowest BCUT2D eigenvalue weighted by atomic mass is 10.1. The first-order valence-electron chi connectivity index (χ1n) is 12.8. The Kier molecular flexibility index (Phi) is 11.1. The predicted octanol–water partition coefficient (Wildman–Crippen LogP) is 5.43. The normalized spacial score (nSPS) is 11.9. The van der Waals surface area contributed by atoms with Crippen LogP contribution in [-0.4, -0.2) is 49.2 Å². The van der Waals surface area contributed by atoms with Gasteiger partial charge in [0.05, 0.1) is 15.5 Å². The van der Waals surface area contributed by atoms with Gasteiger partial charge in [0.15, 0.2) is 0 Å². The molecule has 0 heterocycles. The first kappa shape index (κ1) is 31.9. The van der Waals surface area contributed by atoms with E-state index in [2.05, 4.69) is 5.32 Å². The van der Waals surface area contributed by atoms with Crippen LogP contribution in [0.25, 0.3) is 0 Å². The lowest BCUT2D eigenvalue weighted by Crippen LogP contribution is -2.52. The number of hydrogen-bond acceptors (Lipinski definition) is 6. The first-order valence-corrected chi connectivity index (χ1v) is 15.0. The molecule has 2 amide bonds. The van der Waals surface area contributed by atoms with E-state index in [1.165, 1.54) is 53.4 Å². The molecule has 3 aromatic rings. The van der Waals surface area contributed by atoms with Crippen molar-refractivity contribution in [2.45, 2.75) is 44.2 Å². The Morgan fingerprint density at radius 2 is 1.71 bits per heavy atom. The molecule has 10 nitrogen and oxygen atoms in total. The average Bonchev–Trinajstić information content (AvgIpc) is 2.96. The van der Waals surface area contributed by atoms with Gasteiger partial charge in [0.1, 0.15) is 12.6 Å². The van der Waals surface area contributed by atoms with Crippen LogP contribution in [0.3, 0.4) is 0 Å². The van der Waals surface area contributed by atoms with Gasteiger partial charge >= 0.3 is 0 Å². The quantitative estimate of drug-likeness (QED) is 0.200. The molecule has 0 bridgehead atoms. The Balaban J connectivity index is 2.10. The molecule has 13 heteroatoms. The van der Waals surface area contributed by atoms with Gasteiger partial charge < -0.3 is 10.2 Å². The van der Waals surface area contributed by atoms with Gasteiger partial charge in [-0.2, -0.15) is 0 Å². The maximum absolute atomic E-state index is 14.0. The number of rotatable bonds is 13. The average molecular weight is 622 g/mol. The number of carbonyl (C=O) groups is 2. The van der Waals surface area contributed by atoms with E-state index in [-0.39, 0.29) is 34.3 Å². The summed E-state index contributed by atoms with van der Waals surface area (Å²) in [5.74, 6) is -1.11. The zero-order valence-corrected chi connectivity index (χ0v) is 24.8. The Hall–Kier alpha value is -3.67. The summed E-state index contributed by atoms with van der Waals surface area (Å²) in [5.41, 5.74) is 0.0710. The van der Waals surface area contributed by atoms with Crippen LogP contribution in [-0.2, 0) is 26.2 Å². The van der Waals surface area contributed by atoms with Gasteiger partial charge in [-0.3, -0.25) is 24.0 Å². The van der Waals surface area contributed by atoms with Crippen molar-refractivity contribution in [3.8, 4) is 0 Å². The summed E-state index contributed by atoms with van der Waals surface area (Å²) < 4.78 is 28.4. The fourth-order valence-electron chi connectivity index (χ4n) is 4.13. The van der Waals surface area contributed by atoms with Crippen molar-refractivity contribution in [1.82, 2.24) is 10.2 Å². The third-order valence-electron chi connectivity index (χ3n) is 6.23. The molecule has 3 aromatic carbocycles. The highest BCUT2D eigenvalue weighted by Crippen LogP contribution is 2.28. The number of amides is 2. The summed E-state index contributed by atoms with van der Waals surface area (Å²) in [6, 6.07) is 16.2. The second-order valence-electron chi connectivity index (χ2n) is 9.07. The third kappa shape index (κ3) is 7.96. The van der Waals surface area contributed by atoms with Crippen LogP contribution >= 0.6 is 23.2 Å². The molecular weight excluding hydrogens is 591 g/mol. The van der Waals surface area contributed by atoms with Crippen molar-refractivity contribution in [3.05, 3.63) is 98.5 Å². The lowest BCUT2D eigenvalue weighted by Gasteiger charge is -2.33. The molecule has 1 N–H and O–H groups in total. The molecule has 0 saturated carbocycles. The number of hydrogen-bond donors (Lipinski definition) is 1. The molecule has 0 spiro atoms. The van der Waals surface area contributed by atoms with Crippen molar-refractivity contribution < 1.29 is 22.9 Å². The third-order valence-corrected chi connectivity index (χ3v) is 8.60. The van der Waals surface area contributed by atoms with E-state index < -0.39 is 39.3 Å². The van der Waals surface area contributed by atoms with Crippen molar-refractivity contribution in [1.29, 1.82) is 0 Å². The Morgan fingerprint density at radius 1 is 1.00 bits per heavy atom. The maximum atomic E-state index is 14.0. The van der Waals surface area contributed by atoms with E-state index in [0.29, 0.717) is 23.6 Å². The zero-order valence-electron chi connectivity index (χ0n) is 22.5. The fourth-order valence-corrected chi connectivity index (χ4v) is 6.02. The maximum Gasteiger partial charge on any atom is 0.271 e. The first-order chi connectivity index (χ1) is 19.5. The molecule has 1 atom stereocenters. The summed E-state index contributed by atoms with van der Waals surface area (Å²) in [4.78, 5) is 39.1. The number of carbonyl (C=O) groups excluding carboxylic acids is 2. The molecule has 218 valence electrons. The molecule has 0 aliphatic rings. The predicted molar refractivity (Wildman–Crippen MR) is 158 cm³/mol. The standard InChI is InChI=1S/C28H30Cl2N4O6S/c1-3-15-31-28(36)26(4-2)32(18-20-13-14-21(29)16-25(20)30)27(35)19-33(22-9-8-10-23(17-22)34(37)38)41(39,40)24-11-6-5-7-12-24/h5-14,16-17,26H,3-4,15,18-19H2,1-2H3,(H,31,36). The van der Waals surface area contributed by atoms with Crippen molar-refractivity contribution in [2.75, 3.05) is 17.4 Å². The summed E-state index contributed by atoms with van der Waals surface area (Å²) >= 11 is 12.4. The molecule has 0 aromatic heterocycles. The van der Waals surface area contributed by atoms with Gasteiger partial charge in [-0.05, 0) is 48.7 Å². The molecule has 0 fully saturated rings. The number of non-ortho nitro benzene ring substituents is 1. The lowest BCUT2D eigenvalue weighted by molar-refractivity contribution is -0.384. The molecule has 41 heavy (non-hydrogen) atoms. The highest BCUT2D eigenvalue weighted by molar-refractivity contribution is 7.92. The number of nitrogens with zero attached hydrogens (tertiary/aromatic N) is 3. The second-order valence-corrected chi connectivity index (χ2v) is 11.8.